The van der Waals surface area contributed by atoms with E-state index in [2.05, 4.69) is 4.98 Å². The highest BCUT2D eigenvalue weighted by Gasteiger charge is 2.31. The lowest BCUT2D eigenvalue weighted by Crippen LogP contribution is -2.13. The molecule has 7 heteroatoms. The summed E-state index contributed by atoms with van der Waals surface area (Å²) >= 11 is 0. The van der Waals surface area contributed by atoms with Crippen LogP contribution in [0.15, 0.2) is 53.3 Å². The third-order valence-corrected chi connectivity index (χ3v) is 4.66. The van der Waals surface area contributed by atoms with Gasteiger partial charge in [-0.25, -0.2) is 4.98 Å². The quantitative estimate of drug-likeness (QED) is 0.425. The molecule has 0 amide bonds. The summed E-state index contributed by atoms with van der Waals surface area (Å²) in [5.41, 5.74) is 6.11. The Bertz CT molecular complexity index is 1400. The summed E-state index contributed by atoms with van der Waals surface area (Å²) in [6.07, 6.45) is -4.48. The largest absolute Gasteiger partial charge is 0.416 e. The van der Waals surface area contributed by atoms with Crippen LogP contribution < -0.4 is 11.3 Å². The van der Waals surface area contributed by atoms with E-state index in [0.717, 1.165) is 17.5 Å². The lowest BCUT2D eigenvalue weighted by atomic mass is 10.0. The van der Waals surface area contributed by atoms with Gasteiger partial charge in [0.2, 0.25) is 0 Å². The van der Waals surface area contributed by atoms with Crippen molar-refractivity contribution < 1.29 is 13.2 Å². The molecule has 26 heavy (non-hydrogen) atoms. The Balaban J connectivity index is 2.06. The molecule has 0 aliphatic rings. The fourth-order valence-corrected chi connectivity index (χ4v) is 3.57. The van der Waals surface area contributed by atoms with Crippen LogP contribution in [0.1, 0.15) is 5.56 Å². The van der Waals surface area contributed by atoms with Crippen LogP contribution in [0, 0.1) is 0 Å². The van der Waals surface area contributed by atoms with Crippen molar-refractivity contribution in [2.75, 3.05) is 5.73 Å². The number of pyridine rings is 1. The fourth-order valence-electron chi connectivity index (χ4n) is 3.57. The lowest BCUT2D eigenvalue weighted by molar-refractivity contribution is -0.137. The van der Waals surface area contributed by atoms with E-state index in [9.17, 15) is 18.0 Å². The number of benzene rings is 3. The molecule has 0 bridgehead atoms. The zero-order valence-electron chi connectivity index (χ0n) is 13.1. The highest BCUT2D eigenvalue weighted by molar-refractivity contribution is 6.16. The highest BCUT2D eigenvalue weighted by atomic mass is 19.4. The Morgan fingerprint density at radius 2 is 1.81 bits per heavy atom. The molecule has 2 aromatic heterocycles. The summed E-state index contributed by atoms with van der Waals surface area (Å²) < 4.78 is 40.4. The number of anilines is 1. The molecular formula is C19H10F3N3O. The number of imidazole rings is 1. The molecular weight excluding hydrogens is 343 g/mol. The number of halogens is 3. The van der Waals surface area contributed by atoms with E-state index in [1.807, 2.05) is 6.07 Å². The second-order valence-electron chi connectivity index (χ2n) is 6.25. The van der Waals surface area contributed by atoms with Crippen LogP contribution >= 0.6 is 0 Å². The van der Waals surface area contributed by atoms with Crippen LogP contribution in [-0.2, 0) is 6.18 Å². The van der Waals surface area contributed by atoms with Crippen molar-refractivity contribution in [2.24, 2.45) is 0 Å². The zero-order chi connectivity index (χ0) is 18.2. The summed E-state index contributed by atoms with van der Waals surface area (Å²) in [5.74, 6) is 0. The maximum atomic E-state index is 13.0. The van der Waals surface area contributed by atoms with Crippen molar-refractivity contribution in [3.05, 3.63) is 64.4 Å². The number of fused-ring (bicyclic) bond motifs is 4. The molecule has 0 fully saturated rings. The summed E-state index contributed by atoms with van der Waals surface area (Å²) in [5, 5.41) is 2.62. The molecule has 128 valence electrons. The van der Waals surface area contributed by atoms with Crippen LogP contribution in [0.25, 0.3) is 38.2 Å². The van der Waals surface area contributed by atoms with Gasteiger partial charge >= 0.3 is 6.18 Å². The van der Waals surface area contributed by atoms with Crippen molar-refractivity contribution in [3.63, 3.8) is 0 Å². The number of hydrogen-bond acceptors (Lipinski definition) is 3. The summed E-state index contributed by atoms with van der Waals surface area (Å²) in [7, 11) is 0. The Morgan fingerprint density at radius 1 is 1.00 bits per heavy atom. The van der Waals surface area contributed by atoms with Crippen molar-refractivity contribution in [1.82, 2.24) is 9.38 Å². The van der Waals surface area contributed by atoms with Crippen LogP contribution in [0.2, 0.25) is 0 Å². The van der Waals surface area contributed by atoms with E-state index in [1.54, 1.807) is 24.3 Å². The average molecular weight is 353 g/mol. The number of rotatable bonds is 0. The van der Waals surface area contributed by atoms with Gasteiger partial charge in [-0.05, 0) is 41.8 Å². The molecule has 0 spiro atoms. The molecule has 0 aliphatic heterocycles. The summed E-state index contributed by atoms with van der Waals surface area (Å²) in [6, 6.07) is 11.9. The third-order valence-electron chi connectivity index (χ3n) is 4.66. The number of alkyl halides is 3. The molecule has 0 saturated carbocycles. The van der Waals surface area contributed by atoms with Crippen LogP contribution in [-0.4, -0.2) is 9.38 Å². The van der Waals surface area contributed by atoms with Gasteiger partial charge in [0.05, 0.1) is 16.6 Å². The van der Waals surface area contributed by atoms with Gasteiger partial charge in [-0.15, -0.1) is 0 Å². The molecule has 0 saturated heterocycles. The topological polar surface area (TPSA) is 60.4 Å². The van der Waals surface area contributed by atoms with E-state index in [1.165, 1.54) is 10.5 Å². The van der Waals surface area contributed by atoms with E-state index in [4.69, 9.17) is 5.73 Å². The standard InChI is InChI=1S/C19H10F3N3O/c20-19(21,22)10-4-5-15-14(7-10)24-17-13-8-11(23)6-9-2-1-3-12(16(9)13)18(26)25(15)17/h1-8H,23H2. The molecule has 0 radical (unpaired) electrons. The SMILES string of the molecule is Nc1cc2cccc3c(=O)n4c5ccc(C(F)(F)F)cc5nc4c(c1)c23. The Morgan fingerprint density at radius 3 is 2.58 bits per heavy atom. The zero-order valence-corrected chi connectivity index (χ0v) is 13.1. The number of nitrogens with two attached hydrogens (primary N) is 1. The van der Waals surface area contributed by atoms with Crippen LogP contribution in [0.3, 0.4) is 0 Å². The number of nitrogen functional groups attached to an aromatic ring is 1. The van der Waals surface area contributed by atoms with E-state index >= 15 is 0 Å². The van der Waals surface area contributed by atoms with Gasteiger partial charge in [0, 0.05) is 21.8 Å². The van der Waals surface area contributed by atoms with E-state index in [0.29, 0.717) is 33.0 Å². The first-order chi connectivity index (χ1) is 12.3. The van der Waals surface area contributed by atoms with Crippen molar-refractivity contribution in [2.45, 2.75) is 6.18 Å². The van der Waals surface area contributed by atoms with Crippen LogP contribution in [0.5, 0.6) is 0 Å². The normalized spacial score (nSPS) is 12.7. The van der Waals surface area contributed by atoms with Gasteiger partial charge in [-0.1, -0.05) is 12.1 Å². The molecule has 0 aliphatic carbocycles. The fraction of sp³-hybridized carbons (Fsp3) is 0.0526. The van der Waals surface area contributed by atoms with Gasteiger partial charge in [0.25, 0.3) is 5.56 Å². The smallest absolute Gasteiger partial charge is 0.399 e. The second kappa shape index (κ2) is 4.63. The first-order valence-electron chi connectivity index (χ1n) is 7.81. The Labute approximate surface area is 143 Å². The van der Waals surface area contributed by atoms with E-state index < -0.39 is 11.7 Å². The molecule has 0 unspecified atom stereocenters. The highest BCUT2D eigenvalue weighted by Crippen LogP contribution is 2.34. The molecule has 3 aromatic carbocycles. The molecule has 5 rings (SSSR count). The third kappa shape index (κ3) is 1.85. The summed E-state index contributed by atoms with van der Waals surface area (Å²) in [4.78, 5) is 17.3. The maximum Gasteiger partial charge on any atom is 0.416 e. The first-order valence-corrected chi connectivity index (χ1v) is 7.81. The maximum absolute atomic E-state index is 13.0. The molecule has 5 aromatic rings. The first kappa shape index (κ1) is 14.9. The van der Waals surface area contributed by atoms with Crippen LogP contribution in [0.4, 0.5) is 18.9 Å². The van der Waals surface area contributed by atoms with Crippen molar-refractivity contribution >= 4 is 43.9 Å². The average Bonchev–Trinajstić information content (AvgIpc) is 2.97. The summed E-state index contributed by atoms with van der Waals surface area (Å²) in [6.45, 7) is 0. The van der Waals surface area contributed by atoms with Gasteiger partial charge in [-0.2, -0.15) is 13.2 Å². The van der Waals surface area contributed by atoms with Gasteiger partial charge in [0.1, 0.15) is 5.65 Å². The monoisotopic (exact) mass is 353 g/mol. The Kier molecular flexibility index (Phi) is 2.66. The predicted molar refractivity (Wildman–Crippen MR) is 94.6 cm³/mol. The second-order valence-corrected chi connectivity index (χ2v) is 6.25. The minimum atomic E-state index is -4.48. The minimum Gasteiger partial charge on any atom is -0.399 e. The number of nitrogens with zero attached hydrogens (tertiary/aromatic N) is 2. The van der Waals surface area contributed by atoms with Gasteiger partial charge < -0.3 is 5.73 Å². The van der Waals surface area contributed by atoms with Gasteiger partial charge in [0.15, 0.2) is 0 Å². The van der Waals surface area contributed by atoms with Gasteiger partial charge in [-0.3, -0.25) is 9.20 Å². The lowest BCUT2D eigenvalue weighted by Gasteiger charge is -2.08. The van der Waals surface area contributed by atoms with E-state index in [-0.39, 0.29) is 11.1 Å². The Hall–Kier alpha value is -3.35. The molecule has 4 nitrogen and oxygen atoms in total. The molecule has 2 N–H and O–H groups in total. The van der Waals surface area contributed by atoms with Crippen molar-refractivity contribution in [1.29, 1.82) is 0 Å². The number of hydrogen-bond donors (Lipinski definition) is 1. The minimum absolute atomic E-state index is 0.117. The molecule has 2 heterocycles. The predicted octanol–water partition coefficient (Wildman–Crippen LogP) is 4.19. The molecule has 0 atom stereocenters. The number of aromatic nitrogens is 2. The van der Waals surface area contributed by atoms with Crippen molar-refractivity contribution in [3.8, 4) is 0 Å².